The number of unbranched alkanes of at least 4 members (excludes halogenated alkanes) is 2. The van der Waals surface area contributed by atoms with Gasteiger partial charge in [0.25, 0.3) is 5.91 Å². The summed E-state index contributed by atoms with van der Waals surface area (Å²) in [6, 6.07) is 3.32. The van der Waals surface area contributed by atoms with Gasteiger partial charge in [-0.05, 0) is 47.3 Å². The third-order valence-corrected chi connectivity index (χ3v) is 3.61. The molecule has 2 N–H and O–H groups in total. The molecule has 0 atom stereocenters. The highest BCUT2D eigenvalue weighted by molar-refractivity contribution is 9.10. The van der Waals surface area contributed by atoms with Crippen molar-refractivity contribution in [2.75, 3.05) is 27.4 Å². The van der Waals surface area contributed by atoms with Crippen molar-refractivity contribution in [3.63, 3.8) is 0 Å². The summed E-state index contributed by atoms with van der Waals surface area (Å²) < 4.78 is 11.1. The minimum atomic E-state index is -0.168. The molecule has 1 rings (SSSR count). The van der Waals surface area contributed by atoms with Crippen molar-refractivity contribution >= 4 is 21.8 Å². The monoisotopic (exact) mass is 345 g/mol. The van der Waals surface area contributed by atoms with E-state index in [9.17, 15) is 4.79 Å². The number of carbonyl (C=O) groups excluding carboxylic acids is 1. The first-order valence-corrected chi connectivity index (χ1v) is 7.24. The summed E-state index contributed by atoms with van der Waals surface area (Å²) in [6.45, 7) is 0.772. The fraction of sp³-hybridized carbons (Fsp3) is 0.500. The highest BCUT2D eigenvalue weighted by Gasteiger charge is 2.14. The number of aliphatic hydroxyl groups is 1. The molecule has 1 aromatic rings. The molecule has 0 aliphatic carbocycles. The molecule has 0 aliphatic heterocycles. The van der Waals surface area contributed by atoms with E-state index in [2.05, 4.69) is 21.2 Å². The predicted molar refractivity (Wildman–Crippen MR) is 80.5 cm³/mol. The molecule has 1 aromatic carbocycles. The van der Waals surface area contributed by atoms with E-state index in [4.69, 9.17) is 14.6 Å². The lowest BCUT2D eigenvalue weighted by Crippen LogP contribution is -2.24. The molecule has 0 fully saturated rings. The van der Waals surface area contributed by atoms with Gasteiger partial charge in [0.05, 0.1) is 14.2 Å². The van der Waals surface area contributed by atoms with Gasteiger partial charge in [-0.15, -0.1) is 0 Å². The predicted octanol–water partition coefficient (Wildman–Crippen LogP) is 2.36. The molecule has 0 bridgehead atoms. The van der Waals surface area contributed by atoms with Crippen LogP contribution in [-0.4, -0.2) is 38.4 Å². The molecule has 1 amide bonds. The standard InChI is InChI=1S/C14H20BrNO4/c1-19-11-8-10(9-12(20-2)13(11)15)14(18)16-6-4-3-5-7-17/h8-9,17H,3-7H2,1-2H3,(H,16,18). The largest absolute Gasteiger partial charge is 0.495 e. The molecule has 0 unspecified atom stereocenters. The summed E-state index contributed by atoms with van der Waals surface area (Å²) >= 11 is 3.36. The summed E-state index contributed by atoms with van der Waals surface area (Å²) in [4.78, 5) is 12.0. The molecule has 0 aliphatic rings. The second-order valence-electron chi connectivity index (χ2n) is 4.23. The Balaban J connectivity index is 2.68. The Morgan fingerprint density at radius 2 is 1.80 bits per heavy atom. The number of carbonyl (C=O) groups is 1. The Morgan fingerprint density at radius 3 is 2.30 bits per heavy atom. The van der Waals surface area contributed by atoms with E-state index in [0.717, 1.165) is 19.3 Å². The number of hydrogen-bond donors (Lipinski definition) is 2. The SMILES string of the molecule is COc1cc(C(=O)NCCCCCO)cc(OC)c1Br. The van der Waals surface area contributed by atoms with E-state index in [0.29, 0.717) is 28.1 Å². The Hall–Kier alpha value is -1.27. The first-order valence-electron chi connectivity index (χ1n) is 6.44. The van der Waals surface area contributed by atoms with Gasteiger partial charge in [-0.2, -0.15) is 0 Å². The smallest absolute Gasteiger partial charge is 0.251 e. The van der Waals surface area contributed by atoms with Gasteiger partial charge in [-0.1, -0.05) is 0 Å². The van der Waals surface area contributed by atoms with Crippen molar-refractivity contribution in [3.8, 4) is 11.5 Å². The quantitative estimate of drug-likeness (QED) is 0.709. The Morgan fingerprint density at radius 1 is 1.20 bits per heavy atom. The van der Waals surface area contributed by atoms with E-state index in [1.807, 2.05) is 0 Å². The van der Waals surface area contributed by atoms with Crippen LogP contribution in [0, 0.1) is 0 Å². The second kappa shape index (κ2) is 8.81. The third kappa shape index (κ3) is 4.68. The number of halogens is 1. The summed E-state index contributed by atoms with van der Waals surface area (Å²) in [5.74, 6) is 0.933. The normalized spacial score (nSPS) is 10.2. The van der Waals surface area contributed by atoms with Crippen LogP contribution in [0.15, 0.2) is 16.6 Å². The van der Waals surface area contributed by atoms with Crippen LogP contribution in [0.2, 0.25) is 0 Å². The molecule has 0 heterocycles. The van der Waals surface area contributed by atoms with Crippen LogP contribution >= 0.6 is 15.9 Å². The lowest BCUT2D eigenvalue weighted by atomic mass is 10.1. The molecule has 0 radical (unpaired) electrons. The highest BCUT2D eigenvalue weighted by Crippen LogP contribution is 2.35. The maximum Gasteiger partial charge on any atom is 0.251 e. The number of benzene rings is 1. The van der Waals surface area contributed by atoms with E-state index < -0.39 is 0 Å². The van der Waals surface area contributed by atoms with Crippen LogP contribution in [-0.2, 0) is 0 Å². The van der Waals surface area contributed by atoms with Crippen LogP contribution < -0.4 is 14.8 Å². The van der Waals surface area contributed by atoms with E-state index >= 15 is 0 Å². The Labute approximate surface area is 127 Å². The molecule has 5 nitrogen and oxygen atoms in total. The van der Waals surface area contributed by atoms with Gasteiger partial charge >= 0.3 is 0 Å². The topological polar surface area (TPSA) is 67.8 Å². The number of methoxy groups -OCH3 is 2. The van der Waals surface area contributed by atoms with E-state index in [1.165, 1.54) is 14.2 Å². The van der Waals surface area contributed by atoms with Gasteiger partial charge in [0, 0.05) is 18.7 Å². The first-order chi connectivity index (χ1) is 9.63. The zero-order valence-electron chi connectivity index (χ0n) is 11.7. The van der Waals surface area contributed by atoms with Gasteiger partial charge in [-0.25, -0.2) is 0 Å². The van der Waals surface area contributed by atoms with Crippen molar-refractivity contribution in [2.45, 2.75) is 19.3 Å². The third-order valence-electron chi connectivity index (χ3n) is 2.83. The molecule has 0 aromatic heterocycles. The maximum absolute atomic E-state index is 12.0. The minimum absolute atomic E-state index is 0.168. The molecular weight excluding hydrogens is 326 g/mol. The van der Waals surface area contributed by atoms with Gasteiger partial charge in [0.2, 0.25) is 0 Å². The van der Waals surface area contributed by atoms with Crippen LogP contribution in [0.25, 0.3) is 0 Å². The minimum Gasteiger partial charge on any atom is -0.495 e. The van der Waals surface area contributed by atoms with Gasteiger partial charge in [0.15, 0.2) is 0 Å². The van der Waals surface area contributed by atoms with Crippen LogP contribution in [0.1, 0.15) is 29.6 Å². The highest BCUT2D eigenvalue weighted by atomic mass is 79.9. The summed E-state index contributed by atoms with van der Waals surface area (Å²) in [6.07, 6.45) is 2.50. The molecule has 0 spiro atoms. The molecule has 6 heteroatoms. The molecule has 0 saturated heterocycles. The fourth-order valence-electron chi connectivity index (χ4n) is 1.72. The van der Waals surface area contributed by atoms with Crippen molar-refractivity contribution in [3.05, 3.63) is 22.2 Å². The van der Waals surface area contributed by atoms with Crippen molar-refractivity contribution in [1.82, 2.24) is 5.32 Å². The second-order valence-corrected chi connectivity index (χ2v) is 5.03. The fourth-order valence-corrected chi connectivity index (χ4v) is 2.27. The van der Waals surface area contributed by atoms with Crippen LogP contribution in [0.4, 0.5) is 0 Å². The maximum atomic E-state index is 12.0. The zero-order chi connectivity index (χ0) is 15.0. The lowest BCUT2D eigenvalue weighted by Gasteiger charge is -2.11. The van der Waals surface area contributed by atoms with Crippen LogP contribution in [0.5, 0.6) is 11.5 Å². The lowest BCUT2D eigenvalue weighted by molar-refractivity contribution is 0.0952. The van der Waals surface area contributed by atoms with Crippen molar-refractivity contribution < 1.29 is 19.4 Å². The number of nitrogens with one attached hydrogen (secondary N) is 1. The average Bonchev–Trinajstić information content (AvgIpc) is 2.47. The van der Waals surface area contributed by atoms with Crippen LogP contribution in [0.3, 0.4) is 0 Å². The molecule has 112 valence electrons. The summed E-state index contributed by atoms with van der Waals surface area (Å²) in [7, 11) is 3.08. The zero-order valence-corrected chi connectivity index (χ0v) is 13.3. The van der Waals surface area contributed by atoms with E-state index in [1.54, 1.807) is 12.1 Å². The Bertz CT molecular complexity index is 426. The number of rotatable bonds is 8. The molecule has 0 saturated carbocycles. The number of aliphatic hydroxyl groups excluding tert-OH is 1. The van der Waals surface area contributed by atoms with Crippen molar-refractivity contribution in [1.29, 1.82) is 0 Å². The van der Waals surface area contributed by atoms with E-state index in [-0.39, 0.29) is 12.5 Å². The summed E-state index contributed by atoms with van der Waals surface area (Å²) in [5, 5.41) is 11.5. The number of hydrogen-bond acceptors (Lipinski definition) is 4. The number of ether oxygens (including phenoxy) is 2. The first kappa shape index (κ1) is 16.8. The molecular formula is C14H20BrNO4. The summed E-state index contributed by atoms with van der Waals surface area (Å²) in [5.41, 5.74) is 0.490. The number of amides is 1. The average molecular weight is 346 g/mol. The van der Waals surface area contributed by atoms with Gasteiger partial charge < -0.3 is 19.9 Å². The van der Waals surface area contributed by atoms with Gasteiger partial charge in [-0.3, -0.25) is 4.79 Å². The molecule has 20 heavy (non-hydrogen) atoms. The van der Waals surface area contributed by atoms with Gasteiger partial charge in [0.1, 0.15) is 16.0 Å². The van der Waals surface area contributed by atoms with Crippen molar-refractivity contribution in [2.24, 2.45) is 0 Å². The Kier molecular flexibility index (Phi) is 7.40.